The number of benzene rings is 2. The van der Waals surface area contributed by atoms with Crippen molar-refractivity contribution in [1.82, 2.24) is 4.90 Å². The Kier molecular flexibility index (Phi) is 9.58. The number of methoxy groups -OCH3 is 1. The molecule has 4 rings (SSSR count). The minimum atomic E-state index is -1.90. The molecular formula is C33H46FNO4Si. The van der Waals surface area contributed by atoms with Crippen LogP contribution in [0, 0.1) is 17.7 Å². The SMILES string of the molecule is COC(=O)C1CN(CC2=C(C)c3ccc(OCC(CO[Si](C)(C)C(C)(C)C)Cc4ccc(F)cc4)cc3CC2)C1. The molecule has 218 valence electrons. The van der Waals surface area contributed by atoms with Gasteiger partial charge in [-0.05, 0) is 90.8 Å². The Hall–Kier alpha value is -2.48. The molecule has 40 heavy (non-hydrogen) atoms. The Bertz CT molecular complexity index is 1210. The first-order chi connectivity index (χ1) is 18.9. The van der Waals surface area contributed by atoms with Crippen molar-refractivity contribution in [2.24, 2.45) is 11.8 Å². The predicted molar refractivity (Wildman–Crippen MR) is 162 cm³/mol. The standard InChI is InChI=1S/C33H46FNO4Si/c1-23-27(18-35-19-28(20-35)32(36)37-5)11-10-26-17-30(14-15-31(23)26)38-21-25(16-24-8-12-29(34)13-9-24)22-39-40(6,7)33(2,3)4/h8-9,12-15,17,25,28H,10-11,16,18-22H2,1-7H3. The summed E-state index contributed by atoms with van der Waals surface area (Å²) in [6.07, 6.45) is 2.79. The van der Waals surface area contributed by atoms with Crippen LogP contribution in [0.3, 0.4) is 0 Å². The summed E-state index contributed by atoms with van der Waals surface area (Å²) in [7, 11) is -0.444. The van der Waals surface area contributed by atoms with E-state index in [4.69, 9.17) is 13.9 Å². The summed E-state index contributed by atoms with van der Waals surface area (Å²) in [6.45, 7) is 17.2. The Labute approximate surface area is 240 Å². The van der Waals surface area contributed by atoms with Crippen molar-refractivity contribution in [3.63, 3.8) is 0 Å². The van der Waals surface area contributed by atoms with Crippen LogP contribution in [0.5, 0.6) is 5.75 Å². The van der Waals surface area contributed by atoms with E-state index in [0.717, 1.165) is 50.2 Å². The van der Waals surface area contributed by atoms with Crippen LogP contribution in [0.25, 0.3) is 5.57 Å². The number of carbonyl (C=O) groups excluding carboxylic acids is 1. The van der Waals surface area contributed by atoms with Gasteiger partial charge in [-0.15, -0.1) is 0 Å². The Balaban J connectivity index is 1.40. The third kappa shape index (κ3) is 7.42. The molecule has 1 saturated heterocycles. The number of rotatable bonds is 11. The van der Waals surface area contributed by atoms with Crippen molar-refractivity contribution in [2.45, 2.75) is 65.1 Å². The van der Waals surface area contributed by atoms with E-state index in [-0.39, 0.29) is 28.7 Å². The first kappa shape index (κ1) is 30.5. The van der Waals surface area contributed by atoms with Gasteiger partial charge in [0.05, 0.1) is 19.6 Å². The molecule has 0 bridgehead atoms. The van der Waals surface area contributed by atoms with Gasteiger partial charge in [-0.1, -0.05) is 44.5 Å². The van der Waals surface area contributed by atoms with Gasteiger partial charge in [-0.3, -0.25) is 9.69 Å². The number of carbonyl (C=O) groups is 1. The zero-order valence-electron chi connectivity index (χ0n) is 25.3. The van der Waals surface area contributed by atoms with Crippen LogP contribution in [0.15, 0.2) is 48.0 Å². The largest absolute Gasteiger partial charge is 0.493 e. The number of hydrogen-bond acceptors (Lipinski definition) is 5. The number of esters is 1. The molecular weight excluding hydrogens is 521 g/mol. The first-order valence-electron chi connectivity index (χ1n) is 14.5. The highest BCUT2D eigenvalue weighted by Crippen LogP contribution is 2.37. The lowest BCUT2D eigenvalue weighted by Gasteiger charge is -2.39. The lowest BCUT2D eigenvalue weighted by molar-refractivity contribution is -0.151. The molecule has 5 nitrogen and oxygen atoms in total. The molecule has 1 aliphatic carbocycles. The zero-order chi connectivity index (χ0) is 29.1. The zero-order valence-corrected chi connectivity index (χ0v) is 26.3. The molecule has 7 heteroatoms. The van der Waals surface area contributed by atoms with Gasteiger partial charge in [0, 0.05) is 32.2 Å². The summed E-state index contributed by atoms with van der Waals surface area (Å²) >= 11 is 0. The van der Waals surface area contributed by atoms with Gasteiger partial charge in [0.15, 0.2) is 8.32 Å². The van der Waals surface area contributed by atoms with Gasteiger partial charge < -0.3 is 13.9 Å². The third-order valence-electron chi connectivity index (χ3n) is 9.02. The fraction of sp³-hybridized carbons (Fsp3) is 0.545. The minimum absolute atomic E-state index is 0.0145. The van der Waals surface area contributed by atoms with Crippen molar-refractivity contribution in [3.8, 4) is 5.75 Å². The van der Waals surface area contributed by atoms with Crippen LogP contribution in [0.2, 0.25) is 18.1 Å². The highest BCUT2D eigenvalue weighted by Gasteiger charge is 2.38. The van der Waals surface area contributed by atoms with Crippen LogP contribution in [0.4, 0.5) is 4.39 Å². The van der Waals surface area contributed by atoms with Crippen molar-refractivity contribution in [2.75, 3.05) is 40.0 Å². The number of nitrogens with zero attached hydrogens (tertiary/aromatic N) is 1. The van der Waals surface area contributed by atoms with Crippen molar-refractivity contribution in [3.05, 3.63) is 70.5 Å². The van der Waals surface area contributed by atoms with Crippen LogP contribution < -0.4 is 4.74 Å². The second-order valence-corrected chi connectivity index (χ2v) is 17.8. The molecule has 2 aromatic rings. The summed E-state index contributed by atoms with van der Waals surface area (Å²) in [6, 6.07) is 13.2. The molecule has 0 saturated carbocycles. The second kappa shape index (κ2) is 12.6. The third-order valence-corrected chi connectivity index (χ3v) is 13.5. The molecule has 1 unspecified atom stereocenters. The smallest absolute Gasteiger partial charge is 0.311 e. The molecule has 0 N–H and O–H groups in total. The average molecular weight is 568 g/mol. The van der Waals surface area contributed by atoms with E-state index in [0.29, 0.717) is 13.2 Å². The van der Waals surface area contributed by atoms with Crippen molar-refractivity contribution >= 4 is 19.9 Å². The number of aryl methyl sites for hydroxylation is 1. The highest BCUT2D eigenvalue weighted by molar-refractivity contribution is 6.74. The van der Waals surface area contributed by atoms with Gasteiger partial charge in [-0.2, -0.15) is 0 Å². The number of allylic oxidation sites excluding steroid dienone is 1. The Morgan fingerprint density at radius 2 is 1.77 bits per heavy atom. The maximum Gasteiger partial charge on any atom is 0.311 e. The van der Waals surface area contributed by atoms with Crippen LogP contribution >= 0.6 is 0 Å². The number of hydrogen-bond donors (Lipinski definition) is 0. The van der Waals surface area contributed by atoms with E-state index < -0.39 is 8.32 Å². The molecule has 1 aliphatic heterocycles. The fourth-order valence-electron chi connectivity index (χ4n) is 5.25. The molecule has 1 atom stereocenters. The lowest BCUT2D eigenvalue weighted by Crippen LogP contribution is -2.51. The lowest BCUT2D eigenvalue weighted by atomic mass is 9.85. The van der Waals surface area contributed by atoms with E-state index in [1.165, 1.54) is 41.5 Å². The van der Waals surface area contributed by atoms with E-state index in [1.54, 1.807) is 0 Å². The molecule has 0 aromatic heterocycles. The summed E-state index contributed by atoms with van der Waals surface area (Å²) in [5.41, 5.74) is 6.50. The monoisotopic (exact) mass is 567 g/mol. The van der Waals surface area contributed by atoms with Crippen molar-refractivity contribution < 1.29 is 23.1 Å². The number of fused-ring (bicyclic) bond motifs is 1. The van der Waals surface area contributed by atoms with E-state index in [2.05, 4.69) is 63.9 Å². The molecule has 2 aliphatic rings. The fourth-order valence-corrected chi connectivity index (χ4v) is 6.34. The average Bonchev–Trinajstić information content (AvgIpc) is 2.88. The van der Waals surface area contributed by atoms with Crippen LogP contribution in [-0.2, 0) is 26.8 Å². The van der Waals surface area contributed by atoms with Gasteiger partial charge in [0.25, 0.3) is 0 Å². The predicted octanol–water partition coefficient (Wildman–Crippen LogP) is 6.91. The molecule has 2 aromatic carbocycles. The van der Waals surface area contributed by atoms with Crippen LogP contribution in [-0.4, -0.2) is 59.1 Å². The van der Waals surface area contributed by atoms with Gasteiger partial charge in [-0.25, -0.2) is 4.39 Å². The topological polar surface area (TPSA) is 48.0 Å². The normalized spacial score (nSPS) is 17.3. The van der Waals surface area contributed by atoms with E-state index in [1.807, 2.05) is 12.1 Å². The summed E-state index contributed by atoms with van der Waals surface area (Å²) < 4.78 is 31.3. The van der Waals surface area contributed by atoms with Gasteiger partial charge >= 0.3 is 5.97 Å². The molecule has 0 spiro atoms. The van der Waals surface area contributed by atoms with Gasteiger partial charge in [0.2, 0.25) is 0 Å². The minimum Gasteiger partial charge on any atom is -0.493 e. The van der Waals surface area contributed by atoms with E-state index >= 15 is 0 Å². The van der Waals surface area contributed by atoms with E-state index in [9.17, 15) is 9.18 Å². The van der Waals surface area contributed by atoms with Gasteiger partial charge in [0.1, 0.15) is 11.6 Å². The summed E-state index contributed by atoms with van der Waals surface area (Å²) in [4.78, 5) is 14.0. The maximum atomic E-state index is 13.5. The maximum absolute atomic E-state index is 13.5. The second-order valence-electron chi connectivity index (χ2n) is 13.0. The number of likely N-dealkylation sites (tertiary alicyclic amines) is 1. The molecule has 1 heterocycles. The van der Waals surface area contributed by atoms with Crippen LogP contribution in [0.1, 0.15) is 50.8 Å². The molecule has 0 amide bonds. The Morgan fingerprint density at radius 1 is 1.07 bits per heavy atom. The molecule has 0 radical (unpaired) electrons. The summed E-state index contributed by atoms with van der Waals surface area (Å²) in [5.74, 6) is 0.741. The number of halogens is 1. The Morgan fingerprint density at radius 3 is 2.42 bits per heavy atom. The quantitative estimate of drug-likeness (QED) is 0.218. The molecule has 1 fully saturated rings. The summed E-state index contributed by atoms with van der Waals surface area (Å²) in [5, 5.41) is 0.135. The number of ether oxygens (including phenoxy) is 2. The van der Waals surface area contributed by atoms with Crippen molar-refractivity contribution in [1.29, 1.82) is 0 Å². The highest BCUT2D eigenvalue weighted by atomic mass is 28.4. The first-order valence-corrected chi connectivity index (χ1v) is 17.4.